The molecule has 0 unspecified atom stereocenters. The Kier molecular flexibility index (Phi) is 5.15. The van der Waals surface area contributed by atoms with E-state index in [9.17, 15) is 0 Å². The molecule has 2 aromatic carbocycles. The molecule has 0 aliphatic rings. The summed E-state index contributed by atoms with van der Waals surface area (Å²) in [6.07, 6.45) is 0. The lowest BCUT2D eigenvalue weighted by Crippen LogP contribution is -2.13. The number of benzene rings is 2. The fourth-order valence-electron chi connectivity index (χ4n) is 2.32. The molecule has 0 fully saturated rings. The van der Waals surface area contributed by atoms with E-state index in [0.717, 1.165) is 22.8 Å². The Labute approximate surface area is 145 Å². The van der Waals surface area contributed by atoms with Crippen LogP contribution in [-0.2, 0) is 6.61 Å². The van der Waals surface area contributed by atoms with Crippen molar-refractivity contribution in [1.29, 1.82) is 0 Å². The first-order valence-corrected chi connectivity index (χ1v) is 7.77. The second kappa shape index (κ2) is 7.67. The van der Waals surface area contributed by atoms with Gasteiger partial charge < -0.3 is 19.9 Å². The highest BCUT2D eigenvalue weighted by Gasteiger charge is 2.15. The van der Waals surface area contributed by atoms with Crippen LogP contribution in [0, 0.1) is 0 Å². The van der Waals surface area contributed by atoms with Gasteiger partial charge >= 0.3 is 0 Å². The maximum absolute atomic E-state index is 6.24. The Balaban J connectivity index is 1.64. The molecule has 1 atom stereocenters. The van der Waals surface area contributed by atoms with Gasteiger partial charge in [0.15, 0.2) is 11.6 Å². The highest BCUT2D eigenvalue weighted by molar-refractivity contribution is 5.33. The van der Waals surface area contributed by atoms with E-state index in [2.05, 4.69) is 15.2 Å². The summed E-state index contributed by atoms with van der Waals surface area (Å²) in [7, 11) is 3.24. The average Bonchev–Trinajstić information content (AvgIpc) is 3.15. The normalized spacial score (nSPS) is 11.8. The minimum atomic E-state index is -0.443. The summed E-state index contributed by atoms with van der Waals surface area (Å²) in [6.45, 7) is 0.268. The van der Waals surface area contributed by atoms with Crippen molar-refractivity contribution >= 4 is 0 Å². The van der Waals surface area contributed by atoms with Crippen LogP contribution in [0.15, 0.2) is 48.5 Å². The van der Waals surface area contributed by atoms with Crippen LogP contribution in [0.2, 0.25) is 0 Å². The molecule has 7 nitrogen and oxygen atoms in total. The van der Waals surface area contributed by atoms with Crippen molar-refractivity contribution in [2.45, 2.75) is 12.6 Å². The van der Waals surface area contributed by atoms with E-state index in [1.165, 1.54) is 0 Å². The molecule has 1 heterocycles. The van der Waals surface area contributed by atoms with Gasteiger partial charge in [0.1, 0.15) is 23.9 Å². The molecule has 25 heavy (non-hydrogen) atoms. The van der Waals surface area contributed by atoms with E-state index in [1.807, 2.05) is 48.5 Å². The van der Waals surface area contributed by atoms with Crippen LogP contribution in [0.25, 0.3) is 0 Å². The maximum atomic E-state index is 6.24. The van der Waals surface area contributed by atoms with Gasteiger partial charge in [-0.05, 0) is 42.0 Å². The quantitative estimate of drug-likeness (QED) is 0.686. The summed E-state index contributed by atoms with van der Waals surface area (Å²) in [6, 6.07) is 14.4. The van der Waals surface area contributed by atoms with E-state index < -0.39 is 6.04 Å². The Morgan fingerprint density at radius 2 is 1.72 bits per heavy atom. The van der Waals surface area contributed by atoms with Crippen LogP contribution in [0.4, 0.5) is 0 Å². The highest BCUT2D eigenvalue weighted by Crippen LogP contribution is 2.21. The first-order valence-electron chi connectivity index (χ1n) is 7.77. The van der Waals surface area contributed by atoms with E-state index in [1.54, 1.807) is 14.2 Å². The topological polar surface area (TPSA) is 95.3 Å². The molecule has 0 spiro atoms. The highest BCUT2D eigenvalue weighted by atomic mass is 16.5. The molecule has 3 N–H and O–H groups in total. The molecule has 0 aliphatic carbocycles. The molecule has 7 heteroatoms. The fourth-order valence-corrected chi connectivity index (χ4v) is 2.32. The van der Waals surface area contributed by atoms with E-state index in [4.69, 9.17) is 19.9 Å². The van der Waals surface area contributed by atoms with Crippen molar-refractivity contribution in [3.05, 3.63) is 65.7 Å². The van der Waals surface area contributed by atoms with Crippen LogP contribution in [-0.4, -0.2) is 29.4 Å². The summed E-state index contributed by atoms with van der Waals surface area (Å²) in [5.74, 6) is 3.34. The Morgan fingerprint density at radius 1 is 1.00 bits per heavy atom. The van der Waals surface area contributed by atoms with Gasteiger partial charge in [0.2, 0.25) is 0 Å². The Hall–Kier alpha value is -3.06. The number of nitrogens with two attached hydrogens (primary N) is 1. The maximum Gasteiger partial charge on any atom is 0.172 e. The van der Waals surface area contributed by atoms with Gasteiger partial charge in [-0.25, -0.2) is 4.98 Å². The summed E-state index contributed by atoms with van der Waals surface area (Å²) in [5.41, 5.74) is 7.11. The molecular weight excluding hydrogens is 320 g/mol. The summed E-state index contributed by atoms with van der Waals surface area (Å²) < 4.78 is 16.0. The zero-order valence-corrected chi connectivity index (χ0v) is 14.1. The number of methoxy groups -OCH3 is 2. The number of H-pyrrole nitrogens is 1. The summed E-state index contributed by atoms with van der Waals surface area (Å²) >= 11 is 0. The van der Waals surface area contributed by atoms with E-state index in [0.29, 0.717) is 11.6 Å². The van der Waals surface area contributed by atoms with Crippen LogP contribution >= 0.6 is 0 Å². The second-order valence-electron chi connectivity index (χ2n) is 5.36. The van der Waals surface area contributed by atoms with Crippen molar-refractivity contribution in [3.63, 3.8) is 0 Å². The van der Waals surface area contributed by atoms with Crippen LogP contribution in [0.1, 0.15) is 23.3 Å². The molecule has 0 radical (unpaired) electrons. The number of nitrogens with one attached hydrogen (secondary N) is 1. The SMILES string of the molecule is COc1ccc(OCc2nc([C@H](N)c3cccc(OC)c3)n[nH]2)cc1. The zero-order valence-electron chi connectivity index (χ0n) is 14.1. The van der Waals surface area contributed by atoms with Gasteiger partial charge in [0.25, 0.3) is 0 Å². The third-order valence-electron chi connectivity index (χ3n) is 3.72. The minimum absolute atomic E-state index is 0.268. The van der Waals surface area contributed by atoms with Gasteiger partial charge in [0.05, 0.1) is 20.3 Å². The third-order valence-corrected chi connectivity index (χ3v) is 3.72. The lowest BCUT2D eigenvalue weighted by Gasteiger charge is -2.09. The van der Waals surface area contributed by atoms with E-state index in [-0.39, 0.29) is 6.61 Å². The summed E-state index contributed by atoms with van der Waals surface area (Å²) in [4.78, 5) is 4.41. The van der Waals surface area contributed by atoms with Crippen molar-refractivity contribution in [2.24, 2.45) is 5.73 Å². The molecule has 3 aromatic rings. The molecule has 0 amide bonds. The van der Waals surface area contributed by atoms with Gasteiger partial charge in [-0.2, -0.15) is 5.10 Å². The van der Waals surface area contributed by atoms with Gasteiger partial charge in [-0.15, -0.1) is 0 Å². The zero-order chi connectivity index (χ0) is 17.6. The predicted octanol–water partition coefficient (Wildman–Crippen LogP) is 2.45. The molecule has 0 saturated heterocycles. The number of hydrogen-bond donors (Lipinski definition) is 2. The third kappa shape index (κ3) is 4.07. The van der Waals surface area contributed by atoms with Crippen LogP contribution in [0.5, 0.6) is 17.2 Å². The number of nitrogens with zero attached hydrogens (tertiary/aromatic N) is 2. The van der Waals surface area contributed by atoms with Crippen molar-refractivity contribution in [1.82, 2.24) is 15.2 Å². The first-order chi connectivity index (χ1) is 12.2. The monoisotopic (exact) mass is 340 g/mol. The molecule has 1 aromatic heterocycles. The van der Waals surface area contributed by atoms with Crippen molar-refractivity contribution < 1.29 is 14.2 Å². The van der Waals surface area contributed by atoms with Gasteiger partial charge in [0, 0.05) is 0 Å². The Morgan fingerprint density at radius 3 is 2.44 bits per heavy atom. The average molecular weight is 340 g/mol. The standard InChI is InChI=1S/C18H20N4O3/c1-23-13-6-8-14(9-7-13)25-11-16-20-18(22-21-16)17(19)12-4-3-5-15(10-12)24-2/h3-10,17H,11,19H2,1-2H3,(H,20,21,22)/t17-/m1/s1. The minimum Gasteiger partial charge on any atom is -0.497 e. The fraction of sp³-hybridized carbons (Fsp3) is 0.222. The smallest absolute Gasteiger partial charge is 0.172 e. The van der Waals surface area contributed by atoms with Crippen molar-refractivity contribution in [3.8, 4) is 17.2 Å². The van der Waals surface area contributed by atoms with Crippen molar-refractivity contribution in [2.75, 3.05) is 14.2 Å². The number of aromatic amines is 1. The molecule has 0 saturated carbocycles. The predicted molar refractivity (Wildman–Crippen MR) is 92.7 cm³/mol. The number of hydrogen-bond acceptors (Lipinski definition) is 6. The van der Waals surface area contributed by atoms with Gasteiger partial charge in [-0.3, -0.25) is 5.10 Å². The number of ether oxygens (including phenoxy) is 3. The molecule has 3 rings (SSSR count). The number of aromatic nitrogens is 3. The molecule has 130 valence electrons. The van der Waals surface area contributed by atoms with Crippen LogP contribution in [0.3, 0.4) is 0 Å². The Bertz CT molecular complexity index is 817. The second-order valence-corrected chi connectivity index (χ2v) is 5.36. The first kappa shape index (κ1) is 16.8. The van der Waals surface area contributed by atoms with E-state index >= 15 is 0 Å². The lowest BCUT2D eigenvalue weighted by molar-refractivity contribution is 0.295. The van der Waals surface area contributed by atoms with Crippen LogP contribution < -0.4 is 19.9 Å². The lowest BCUT2D eigenvalue weighted by atomic mass is 10.1. The summed E-state index contributed by atoms with van der Waals surface area (Å²) in [5, 5.41) is 7.04. The molecule has 0 aliphatic heterocycles. The molecule has 0 bridgehead atoms. The largest absolute Gasteiger partial charge is 0.497 e. The molecular formula is C18H20N4O3. The van der Waals surface area contributed by atoms with Gasteiger partial charge in [-0.1, -0.05) is 12.1 Å². The number of rotatable bonds is 7.